The van der Waals surface area contributed by atoms with Gasteiger partial charge in [-0.25, -0.2) is 4.79 Å². The Hall–Kier alpha value is -2.55. The summed E-state index contributed by atoms with van der Waals surface area (Å²) in [6.07, 6.45) is -2.50. The van der Waals surface area contributed by atoms with Gasteiger partial charge in [-0.3, -0.25) is 9.59 Å². The molecule has 0 radical (unpaired) electrons. The van der Waals surface area contributed by atoms with Crippen LogP contribution in [-0.2, 0) is 23.8 Å². The summed E-state index contributed by atoms with van der Waals surface area (Å²) in [5, 5.41) is 24.1. The van der Waals surface area contributed by atoms with Crippen molar-refractivity contribution in [3.8, 4) is 0 Å². The highest BCUT2D eigenvalue weighted by atomic mass is 16.6. The summed E-state index contributed by atoms with van der Waals surface area (Å²) in [6.45, 7) is 12.5. The standard InChI is InChI=1S/C31H40O8/c1-16-13-22-30(15-37-22,39-19(4)32)24-26(38-27(35)20-11-9-8-10-12-20)31(36)14-21(33)17(2)23(28(31,5)6)18(3)25(34)29(16,24)7/h8-12,16,18,21-22,24,26,33,36H,13-15H2,1-7H3/t16-,18+,21-,22+,24-,26-,29+,30-,31+/m0/s1. The Bertz CT molecular complexity index is 1240. The maximum atomic E-state index is 14.7. The van der Waals surface area contributed by atoms with Gasteiger partial charge in [0.15, 0.2) is 5.60 Å². The predicted octanol–water partition coefficient (Wildman–Crippen LogP) is 3.63. The van der Waals surface area contributed by atoms with E-state index >= 15 is 0 Å². The summed E-state index contributed by atoms with van der Waals surface area (Å²) in [4.78, 5) is 40.9. The first-order valence-corrected chi connectivity index (χ1v) is 13.9. The molecule has 8 heteroatoms. The molecular formula is C31H40O8. The molecule has 2 N–H and O–H groups in total. The SMILES string of the molecule is CC(=O)O[C@@]12CO[C@@H]1C[C@H](C)[C@@]1(C)C(=O)[C@H](C)C3=C(C)[C@@H](O)C[C@@](O)([C@@H](OC(=O)c4ccccc4)[C@H]21)C3(C)C. The molecule has 1 aliphatic heterocycles. The van der Waals surface area contributed by atoms with Crippen LogP contribution in [0, 0.1) is 28.6 Å². The second-order valence-electron chi connectivity index (χ2n) is 12.9. The molecule has 5 rings (SSSR count). The number of aliphatic hydroxyl groups is 2. The lowest BCUT2D eigenvalue weighted by Gasteiger charge is -2.68. The number of hydrogen-bond donors (Lipinski definition) is 2. The van der Waals surface area contributed by atoms with Crippen LogP contribution in [0.3, 0.4) is 0 Å². The van der Waals surface area contributed by atoms with Crippen molar-refractivity contribution in [1.82, 2.24) is 0 Å². The molecule has 0 amide bonds. The van der Waals surface area contributed by atoms with Crippen molar-refractivity contribution in [2.75, 3.05) is 6.61 Å². The van der Waals surface area contributed by atoms with E-state index in [1.807, 2.05) is 34.6 Å². The van der Waals surface area contributed by atoms with E-state index in [-0.39, 0.29) is 30.3 Å². The second kappa shape index (κ2) is 8.98. The van der Waals surface area contributed by atoms with Gasteiger partial charge in [0.25, 0.3) is 0 Å². The van der Waals surface area contributed by atoms with E-state index < -0.39 is 64.1 Å². The van der Waals surface area contributed by atoms with Gasteiger partial charge >= 0.3 is 11.9 Å². The molecule has 0 spiro atoms. The number of carbonyl (C=O) groups excluding carboxylic acids is 3. The fourth-order valence-electron chi connectivity index (χ4n) is 8.46. The van der Waals surface area contributed by atoms with Crippen LogP contribution in [0.25, 0.3) is 0 Å². The Morgan fingerprint density at radius 2 is 1.74 bits per heavy atom. The Morgan fingerprint density at radius 3 is 2.31 bits per heavy atom. The number of rotatable bonds is 3. The maximum Gasteiger partial charge on any atom is 0.338 e. The maximum absolute atomic E-state index is 14.7. The first kappa shape index (κ1) is 28.0. The molecule has 212 valence electrons. The van der Waals surface area contributed by atoms with Crippen molar-refractivity contribution in [3.63, 3.8) is 0 Å². The Morgan fingerprint density at radius 1 is 1.10 bits per heavy atom. The van der Waals surface area contributed by atoms with Gasteiger partial charge in [-0.15, -0.1) is 0 Å². The number of aliphatic hydroxyl groups excluding tert-OH is 1. The number of fused-ring (bicyclic) bond motifs is 5. The van der Waals surface area contributed by atoms with Gasteiger partial charge in [-0.2, -0.15) is 0 Å². The molecule has 2 bridgehead atoms. The van der Waals surface area contributed by atoms with Crippen LogP contribution in [0.1, 0.15) is 71.7 Å². The van der Waals surface area contributed by atoms with Crippen LogP contribution in [0.15, 0.2) is 41.5 Å². The fraction of sp³-hybridized carbons (Fsp3) is 0.645. The third kappa shape index (κ3) is 3.64. The molecule has 9 atom stereocenters. The van der Waals surface area contributed by atoms with Crippen LogP contribution in [-0.4, -0.2) is 64.1 Å². The summed E-state index contributed by atoms with van der Waals surface area (Å²) in [5.74, 6) is -3.08. The molecule has 1 saturated heterocycles. The molecule has 39 heavy (non-hydrogen) atoms. The molecule has 1 aromatic rings. The zero-order chi connectivity index (χ0) is 28.7. The summed E-state index contributed by atoms with van der Waals surface area (Å²) >= 11 is 0. The number of benzene rings is 1. The number of hydrogen-bond acceptors (Lipinski definition) is 8. The average molecular weight is 541 g/mol. The van der Waals surface area contributed by atoms with Gasteiger partial charge in [0.2, 0.25) is 0 Å². The number of carbonyl (C=O) groups is 3. The van der Waals surface area contributed by atoms with Gasteiger partial charge in [0.1, 0.15) is 23.6 Å². The van der Waals surface area contributed by atoms with Gasteiger partial charge < -0.3 is 24.4 Å². The molecule has 3 aliphatic carbocycles. The lowest BCUT2D eigenvalue weighted by molar-refractivity contribution is -0.339. The van der Waals surface area contributed by atoms with Crippen molar-refractivity contribution in [3.05, 3.63) is 47.0 Å². The predicted molar refractivity (Wildman–Crippen MR) is 141 cm³/mol. The van der Waals surface area contributed by atoms with E-state index in [1.54, 1.807) is 37.3 Å². The minimum Gasteiger partial charge on any atom is -0.455 e. The second-order valence-corrected chi connectivity index (χ2v) is 12.9. The third-order valence-corrected chi connectivity index (χ3v) is 10.7. The minimum atomic E-state index is -1.79. The smallest absolute Gasteiger partial charge is 0.338 e. The first-order valence-electron chi connectivity index (χ1n) is 13.9. The number of Topliss-reactive ketones (excluding diaryl/α,β-unsaturated/α-hetero) is 1. The summed E-state index contributed by atoms with van der Waals surface area (Å²) in [7, 11) is 0. The Labute approximate surface area is 229 Å². The molecule has 0 aromatic heterocycles. The fourth-order valence-corrected chi connectivity index (χ4v) is 8.46. The van der Waals surface area contributed by atoms with Crippen LogP contribution in [0.4, 0.5) is 0 Å². The zero-order valence-electron chi connectivity index (χ0n) is 23.8. The van der Waals surface area contributed by atoms with Gasteiger partial charge in [-0.05, 0) is 42.5 Å². The highest BCUT2D eigenvalue weighted by Crippen LogP contribution is 2.66. The van der Waals surface area contributed by atoms with Crippen LogP contribution in [0.2, 0.25) is 0 Å². The molecule has 8 nitrogen and oxygen atoms in total. The van der Waals surface area contributed by atoms with E-state index in [2.05, 4.69) is 0 Å². The third-order valence-electron chi connectivity index (χ3n) is 10.7. The molecule has 3 fully saturated rings. The van der Waals surface area contributed by atoms with Gasteiger partial charge in [0, 0.05) is 30.1 Å². The number of ether oxygens (including phenoxy) is 3. The topological polar surface area (TPSA) is 119 Å². The molecule has 0 unspecified atom stereocenters. The molecule has 1 aromatic carbocycles. The highest BCUT2D eigenvalue weighted by Gasteiger charge is 2.76. The zero-order valence-corrected chi connectivity index (χ0v) is 23.8. The van der Waals surface area contributed by atoms with E-state index in [0.717, 1.165) is 0 Å². The highest BCUT2D eigenvalue weighted by molar-refractivity contribution is 5.92. The van der Waals surface area contributed by atoms with E-state index in [0.29, 0.717) is 17.6 Å². The molecule has 4 aliphatic rings. The lowest BCUT2D eigenvalue weighted by Crippen LogP contribution is -2.80. The van der Waals surface area contributed by atoms with Crippen LogP contribution >= 0.6 is 0 Å². The average Bonchev–Trinajstić information content (AvgIpc) is 2.87. The normalized spacial score (nSPS) is 42.7. The quantitative estimate of drug-likeness (QED) is 0.441. The number of esters is 2. The lowest BCUT2D eigenvalue weighted by atomic mass is 9.42. The minimum absolute atomic E-state index is 0.0199. The van der Waals surface area contributed by atoms with E-state index in [9.17, 15) is 24.6 Å². The van der Waals surface area contributed by atoms with Crippen LogP contribution in [0.5, 0.6) is 0 Å². The monoisotopic (exact) mass is 540 g/mol. The summed E-state index contributed by atoms with van der Waals surface area (Å²) in [5.41, 5.74) is -3.68. The van der Waals surface area contributed by atoms with Crippen molar-refractivity contribution < 1.29 is 38.8 Å². The molecule has 1 heterocycles. The number of ketones is 1. The van der Waals surface area contributed by atoms with Crippen molar-refractivity contribution in [2.24, 2.45) is 28.6 Å². The summed E-state index contributed by atoms with van der Waals surface area (Å²) < 4.78 is 18.3. The first-order chi connectivity index (χ1) is 18.1. The van der Waals surface area contributed by atoms with Crippen molar-refractivity contribution in [1.29, 1.82) is 0 Å². The summed E-state index contributed by atoms with van der Waals surface area (Å²) in [6, 6.07) is 8.47. The van der Waals surface area contributed by atoms with E-state index in [4.69, 9.17) is 14.2 Å². The van der Waals surface area contributed by atoms with E-state index in [1.165, 1.54) is 6.92 Å². The van der Waals surface area contributed by atoms with Crippen LogP contribution < -0.4 is 0 Å². The Balaban J connectivity index is 1.81. The Kier molecular flexibility index (Phi) is 6.45. The molecular weight excluding hydrogens is 500 g/mol. The molecule has 2 saturated carbocycles. The largest absolute Gasteiger partial charge is 0.455 e. The van der Waals surface area contributed by atoms with Crippen molar-refractivity contribution in [2.45, 2.75) is 90.8 Å². The van der Waals surface area contributed by atoms with Gasteiger partial charge in [-0.1, -0.05) is 52.8 Å². The van der Waals surface area contributed by atoms with Gasteiger partial charge in [0.05, 0.1) is 24.2 Å². The van der Waals surface area contributed by atoms with Crippen molar-refractivity contribution >= 4 is 17.7 Å².